The van der Waals surface area contributed by atoms with Crippen LogP contribution in [0.3, 0.4) is 0 Å². The third-order valence-electron chi connectivity index (χ3n) is 12.2. The Labute approximate surface area is 486 Å². The fourth-order valence-corrected chi connectivity index (χ4v) is 8.07. The Kier molecular flexibility index (Phi) is 29.1. The number of amides is 4. The number of hydrogen-bond acceptors (Lipinski definition) is 18. The summed E-state index contributed by atoms with van der Waals surface area (Å²) in [5, 5.41) is 65.1. The van der Waals surface area contributed by atoms with Crippen molar-refractivity contribution in [1.82, 2.24) is 39.5 Å². The normalized spacial score (nSPS) is 18.4. The maximum atomic E-state index is 13.5. The summed E-state index contributed by atoms with van der Waals surface area (Å²) in [5.74, 6) is -19.7. The van der Waals surface area contributed by atoms with Crippen molar-refractivity contribution in [3.8, 4) is 0 Å². The number of aliphatic hydroxyl groups excluding tert-OH is 4. The minimum absolute atomic E-state index is 0. The first-order valence-electron chi connectivity index (χ1n) is 24.2. The predicted octanol–water partition coefficient (Wildman–Crippen LogP) is -1.97. The molecule has 0 aromatic carbocycles. The number of nitrogens with two attached hydrogens (primary N) is 2. The minimum Gasteiger partial charge on any atom is -0.479 e. The van der Waals surface area contributed by atoms with Crippen LogP contribution in [0.2, 0.25) is 0 Å². The van der Waals surface area contributed by atoms with Crippen LogP contribution in [0, 0.1) is 0 Å². The number of likely N-dealkylation sites (tertiary alicyclic amines) is 2. The number of aliphatic carboxylic acids is 4. The Hall–Kier alpha value is -7.56. The number of halogens is 16. The number of aromatic nitrogens is 4. The highest BCUT2D eigenvalue weighted by Gasteiger charge is 2.47. The largest absolute Gasteiger partial charge is 0.479 e. The van der Waals surface area contributed by atoms with Gasteiger partial charge in [-0.2, -0.15) is 52.7 Å². The molecule has 0 spiro atoms. The number of carboxylic acid groups (broad SMARTS) is 4. The second kappa shape index (κ2) is 31.8. The van der Waals surface area contributed by atoms with E-state index < -0.39 is 231 Å². The summed E-state index contributed by atoms with van der Waals surface area (Å²) in [4.78, 5) is 103. The number of alkyl halides is 16. The summed E-state index contributed by atoms with van der Waals surface area (Å²) >= 11 is 0. The third kappa shape index (κ3) is 23.7. The molecule has 89 heavy (non-hydrogen) atoms. The lowest BCUT2D eigenvalue weighted by molar-refractivity contribution is -0.165. The molecule has 0 radical (unpaired) electrons. The second-order valence-electron chi connectivity index (χ2n) is 19.1. The number of rotatable bonds is 14. The van der Waals surface area contributed by atoms with Crippen LogP contribution in [0.4, 0.5) is 70.2 Å². The van der Waals surface area contributed by atoms with E-state index in [2.05, 4.69) is 19.9 Å². The molecule has 4 aliphatic heterocycles. The Morgan fingerprint density at radius 1 is 0.472 bits per heavy atom. The van der Waals surface area contributed by atoms with Crippen molar-refractivity contribution in [2.45, 2.75) is 138 Å². The Balaban J connectivity index is 0.00000130. The van der Waals surface area contributed by atoms with Gasteiger partial charge in [0.05, 0.1) is 37.6 Å². The molecule has 29 nitrogen and oxygen atoms in total. The first kappa shape index (κ1) is 81.4. The van der Waals surface area contributed by atoms with Crippen molar-refractivity contribution in [3.63, 3.8) is 0 Å². The molecule has 0 saturated carbocycles. The average Bonchev–Trinajstić information content (AvgIpc) is 0.918. The average molecular weight is 1330 g/mol. The van der Waals surface area contributed by atoms with Crippen molar-refractivity contribution < 1.29 is 166 Å². The SMILES string of the molecule is N[C@@H](CC(=O)N1CCc2c(nc(C(F)(F)F)nc2C(F)(F)F)C1)CN1CC(F)(F)CCC1=O.N[C@@H](CC(=O)N1CCc2c(nc(C(F)(F)F)nc2C(F)(F)F)C1)CN1CC(F)(F)CCC1=O.O.O.O.O=C(O)[C@H](O)[C@@H](O)C(=O)O.O=C(O)[C@H](O)[C@@H](O)C(=O)O. The van der Waals surface area contributed by atoms with Gasteiger partial charge in [0.2, 0.25) is 35.3 Å². The van der Waals surface area contributed by atoms with Gasteiger partial charge in [-0.25, -0.2) is 56.7 Å². The zero-order chi connectivity index (χ0) is 66.2. The fourth-order valence-electron chi connectivity index (χ4n) is 8.07. The summed E-state index contributed by atoms with van der Waals surface area (Å²) in [6, 6.07) is -2.11. The predicted molar refractivity (Wildman–Crippen MR) is 254 cm³/mol. The molecule has 4 aliphatic rings. The van der Waals surface area contributed by atoms with E-state index in [1.807, 2.05) is 0 Å². The van der Waals surface area contributed by atoms with Gasteiger partial charge in [-0.1, -0.05) is 0 Å². The minimum atomic E-state index is -5.23. The summed E-state index contributed by atoms with van der Waals surface area (Å²) < 4.78 is 211. The van der Waals surface area contributed by atoms with Gasteiger partial charge in [0.15, 0.2) is 35.8 Å². The highest BCUT2D eigenvalue weighted by molar-refractivity contribution is 5.84. The lowest BCUT2D eigenvalue weighted by atomic mass is 10.0. The monoisotopic (exact) mass is 1330 g/mol. The van der Waals surface area contributed by atoms with Gasteiger partial charge in [0.1, 0.15) is 0 Å². The molecule has 0 bridgehead atoms. The topological polar surface area (TPSA) is 509 Å². The van der Waals surface area contributed by atoms with Gasteiger partial charge in [-0.3, -0.25) is 19.2 Å². The first-order chi connectivity index (χ1) is 39.1. The molecule has 0 aliphatic carbocycles. The van der Waals surface area contributed by atoms with Crippen LogP contribution in [0.5, 0.6) is 0 Å². The van der Waals surface area contributed by atoms with Gasteiger partial charge in [0.25, 0.3) is 11.8 Å². The van der Waals surface area contributed by atoms with E-state index in [0.717, 1.165) is 19.6 Å². The zero-order valence-corrected chi connectivity index (χ0v) is 44.9. The molecule has 2 aromatic heterocycles. The van der Waals surface area contributed by atoms with Gasteiger partial charge in [-0.05, 0) is 12.8 Å². The summed E-state index contributed by atoms with van der Waals surface area (Å²) in [6.07, 6.45) is -33.5. The van der Waals surface area contributed by atoms with Gasteiger partial charge >= 0.3 is 48.6 Å². The van der Waals surface area contributed by atoms with Crippen LogP contribution in [-0.2, 0) is 89.0 Å². The molecule has 6 rings (SSSR count). The molecule has 6 atom stereocenters. The maximum Gasteiger partial charge on any atom is 0.451 e. The van der Waals surface area contributed by atoms with E-state index in [1.54, 1.807) is 0 Å². The van der Waals surface area contributed by atoms with Crippen LogP contribution in [0.25, 0.3) is 0 Å². The van der Waals surface area contributed by atoms with Crippen LogP contribution < -0.4 is 11.5 Å². The smallest absolute Gasteiger partial charge is 0.451 e. The van der Waals surface area contributed by atoms with E-state index in [4.69, 9.17) is 52.3 Å². The molecule has 4 amide bonds. The van der Waals surface area contributed by atoms with Crippen molar-refractivity contribution >= 4 is 47.5 Å². The van der Waals surface area contributed by atoms with E-state index in [1.165, 1.54) is 0 Å². The standard InChI is InChI=1S/2C18H19F8N5O2.2C4H6O6.3H2O/c2*19-16(20)3-1-12(32)31(8-16)6-9(27)5-13(33)30-4-2-10-11(7-30)28-15(18(24,25)26)29-14(10)17(21,22)23;2*5-1(3(7)8)2(6)4(9)10;;;/h2*9H,1-8,27H2;2*1-2,5-6H,(H,7,8)(H,9,10);3*1H2/t2*9-;2*1-,2-;;;/m0011.../s1. The van der Waals surface area contributed by atoms with Gasteiger partial charge in [0, 0.05) is 87.9 Å². The van der Waals surface area contributed by atoms with Gasteiger partial charge < -0.3 is 88.3 Å². The van der Waals surface area contributed by atoms with Crippen molar-refractivity contribution in [2.75, 3.05) is 39.3 Å². The molecular weight excluding hydrogens is 1280 g/mol. The highest BCUT2D eigenvalue weighted by atomic mass is 19.4. The van der Waals surface area contributed by atoms with Crippen molar-refractivity contribution in [3.05, 3.63) is 45.6 Å². The number of nitrogens with zero attached hydrogens (tertiary/aromatic N) is 8. The number of aliphatic hydroxyl groups is 4. The molecule has 18 N–H and O–H groups in total. The van der Waals surface area contributed by atoms with Crippen LogP contribution in [-0.4, -0.2) is 232 Å². The molecule has 45 heteroatoms. The van der Waals surface area contributed by atoms with Crippen LogP contribution >= 0.6 is 0 Å². The van der Waals surface area contributed by atoms with E-state index >= 15 is 0 Å². The summed E-state index contributed by atoms with van der Waals surface area (Å²) in [7, 11) is 0. The molecule has 2 fully saturated rings. The quantitative estimate of drug-likeness (QED) is 0.0917. The molecule has 508 valence electrons. The summed E-state index contributed by atoms with van der Waals surface area (Å²) in [6.45, 7) is -4.14. The first-order valence-corrected chi connectivity index (χ1v) is 24.2. The van der Waals surface area contributed by atoms with E-state index in [0.29, 0.717) is 0 Å². The number of fused-ring (bicyclic) bond motifs is 2. The molecule has 6 heterocycles. The lowest BCUT2D eigenvalue weighted by Crippen LogP contribution is -2.51. The van der Waals surface area contributed by atoms with Crippen molar-refractivity contribution in [1.29, 1.82) is 0 Å². The summed E-state index contributed by atoms with van der Waals surface area (Å²) in [5.41, 5.74) is 6.01. The Morgan fingerprint density at radius 3 is 0.978 bits per heavy atom. The number of carbonyl (C=O) groups excluding carboxylic acids is 4. The van der Waals surface area contributed by atoms with Crippen LogP contribution in [0.15, 0.2) is 0 Å². The molecular formula is C44H56F16N10O19. The van der Waals surface area contributed by atoms with Crippen molar-refractivity contribution in [2.24, 2.45) is 11.5 Å². The number of carboxylic acids is 4. The number of piperidine rings is 2. The number of hydrogen-bond donors (Lipinski definition) is 10. The molecule has 2 aromatic rings. The molecule has 0 unspecified atom stereocenters. The fraction of sp³-hybridized carbons (Fsp3) is 0.636. The van der Waals surface area contributed by atoms with Gasteiger partial charge in [-0.15, -0.1) is 0 Å². The molecule has 2 saturated heterocycles. The van der Waals surface area contributed by atoms with E-state index in [9.17, 15) is 109 Å². The number of carbonyl (C=O) groups is 8. The zero-order valence-electron chi connectivity index (χ0n) is 44.9. The third-order valence-corrected chi connectivity index (χ3v) is 12.2. The maximum absolute atomic E-state index is 13.5. The Bertz CT molecular complexity index is 2610. The van der Waals surface area contributed by atoms with Crippen LogP contribution in [0.1, 0.15) is 84.1 Å². The Morgan fingerprint density at radius 2 is 0.742 bits per heavy atom. The highest BCUT2D eigenvalue weighted by Crippen LogP contribution is 2.39. The lowest BCUT2D eigenvalue weighted by Gasteiger charge is -2.34. The van der Waals surface area contributed by atoms with E-state index in [-0.39, 0.29) is 55.4 Å². The second-order valence-corrected chi connectivity index (χ2v) is 19.1.